The van der Waals surface area contributed by atoms with Crippen molar-refractivity contribution < 1.29 is 9.47 Å². The predicted octanol–water partition coefficient (Wildman–Crippen LogP) is 1.62. The molecule has 1 aromatic carbocycles. The molecule has 0 saturated heterocycles. The SMILES string of the molecule is CCC(C)NC(N)=NCc1ccc2c(c1)OCO2. The van der Waals surface area contributed by atoms with Crippen LogP contribution < -0.4 is 20.5 Å². The van der Waals surface area contributed by atoms with Crippen LogP contribution >= 0.6 is 0 Å². The Hall–Kier alpha value is -1.91. The minimum atomic E-state index is 0.291. The minimum absolute atomic E-state index is 0.291. The van der Waals surface area contributed by atoms with Gasteiger partial charge in [0.2, 0.25) is 6.79 Å². The van der Waals surface area contributed by atoms with E-state index < -0.39 is 0 Å². The maximum absolute atomic E-state index is 5.79. The van der Waals surface area contributed by atoms with E-state index in [4.69, 9.17) is 15.2 Å². The number of benzene rings is 1. The molecule has 1 aromatic rings. The van der Waals surface area contributed by atoms with Gasteiger partial charge in [-0.25, -0.2) is 4.99 Å². The van der Waals surface area contributed by atoms with E-state index in [0.29, 0.717) is 25.3 Å². The van der Waals surface area contributed by atoms with Crippen LogP contribution in [0.25, 0.3) is 0 Å². The van der Waals surface area contributed by atoms with Crippen molar-refractivity contribution >= 4 is 5.96 Å². The van der Waals surface area contributed by atoms with Crippen molar-refractivity contribution in [2.75, 3.05) is 6.79 Å². The van der Waals surface area contributed by atoms with Gasteiger partial charge in [-0.2, -0.15) is 0 Å². The fourth-order valence-corrected chi connectivity index (χ4v) is 1.62. The molecule has 0 radical (unpaired) electrons. The summed E-state index contributed by atoms with van der Waals surface area (Å²) in [7, 11) is 0. The van der Waals surface area contributed by atoms with E-state index in [1.54, 1.807) is 0 Å². The van der Waals surface area contributed by atoms with Crippen LogP contribution in [0.15, 0.2) is 23.2 Å². The standard InChI is InChI=1S/C13H19N3O2/c1-3-9(2)16-13(14)15-7-10-4-5-11-12(6-10)18-8-17-11/h4-6,9H,3,7-8H2,1-2H3,(H3,14,15,16). The smallest absolute Gasteiger partial charge is 0.231 e. The molecule has 5 nitrogen and oxygen atoms in total. The first-order valence-corrected chi connectivity index (χ1v) is 6.14. The highest BCUT2D eigenvalue weighted by molar-refractivity contribution is 5.78. The molecule has 0 saturated carbocycles. The van der Waals surface area contributed by atoms with Crippen LogP contribution in [-0.4, -0.2) is 18.8 Å². The van der Waals surface area contributed by atoms with Crippen molar-refractivity contribution in [3.8, 4) is 11.5 Å². The van der Waals surface area contributed by atoms with Crippen LogP contribution in [0.2, 0.25) is 0 Å². The molecule has 0 amide bonds. The van der Waals surface area contributed by atoms with Crippen molar-refractivity contribution in [3.63, 3.8) is 0 Å². The molecule has 0 fully saturated rings. The van der Waals surface area contributed by atoms with E-state index in [0.717, 1.165) is 23.5 Å². The molecule has 18 heavy (non-hydrogen) atoms. The fraction of sp³-hybridized carbons (Fsp3) is 0.462. The molecule has 1 unspecified atom stereocenters. The van der Waals surface area contributed by atoms with Gasteiger partial charge in [-0.1, -0.05) is 13.0 Å². The Bertz CT molecular complexity index is 446. The molecule has 1 atom stereocenters. The fourth-order valence-electron chi connectivity index (χ4n) is 1.62. The van der Waals surface area contributed by atoms with Crippen molar-refractivity contribution in [2.24, 2.45) is 10.7 Å². The average molecular weight is 249 g/mol. The van der Waals surface area contributed by atoms with Gasteiger partial charge in [-0.15, -0.1) is 0 Å². The monoisotopic (exact) mass is 249 g/mol. The molecule has 0 spiro atoms. The van der Waals surface area contributed by atoms with Gasteiger partial charge in [0.25, 0.3) is 0 Å². The molecule has 0 bridgehead atoms. The summed E-state index contributed by atoms with van der Waals surface area (Å²) in [6.45, 7) is 5.00. The highest BCUT2D eigenvalue weighted by Crippen LogP contribution is 2.32. The number of aliphatic imine (C=N–C) groups is 1. The second kappa shape index (κ2) is 5.62. The van der Waals surface area contributed by atoms with Crippen molar-refractivity contribution in [2.45, 2.75) is 32.9 Å². The van der Waals surface area contributed by atoms with Crippen LogP contribution in [0.3, 0.4) is 0 Å². The first kappa shape index (κ1) is 12.5. The van der Waals surface area contributed by atoms with Crippen LogP contribution in [0, 0.1) is 0 Å². The number of fused-ring (bicyclic) bond motifs is 1. The molecular formula is C13H19N3O2. The molecule has 1 aliphatic rings. The number of hydrogen-bond donors (Lipinski definition) is 2. The largest absolute Gasteiger partial charge is 0.454 e. The maximum Gasteiger partial charge on any atom is 0.231 e. The Morgan fingerprint density at radius 3 is 3.00 bits per heavy atom. The van der Waals surface area contributed by atoms with Crippen LogP contribution in [-0.2, 0) is 6.54 Å². The summed E-state index contributed by atoms with van der Waals surface area (Å²) >= 11 is 0. The van der Waals surface area contributed by atoms with Gasteiger partial charge in [-0.05, 0) is 31.0 Å². The molecule has 5 heteroatoms. The lowest BCUT2D eigenvalue weighted by Gasteiger charge is -2.11. The van der Waals surface area contributed by atoms with Crippen molar-refractivity contribution in [1.29, 1.82) is 0 Å². The van der Waals surface area contributed by atoms with E-state index in [1.807, 2.05) is 18.2 Å². The molecule has 2 rings (SSSR count). The Labute approximate surface area is 107 Å². The van der Waals surface area contributed by atoms with E-state index in [2.05, 4.69) is 24.2 Å². The average Bonchev–Trinajstić information content (AvgIpc) is 2.83. The predicted molar refractivity (Wildman–Crippen MR) is 70.8 cm³/mol. The van der Waals surface area contributed by atoms with Gasteiger partial charge >= 0.3 is 0 Å². The molecule has 98 valence electrons. The summed E-state index contributed by atoms with van der Waals surface area (Å²) in [5.41, 5.74) is 6.84. The molecule has 1 aliphatic heterocycles. The molecule has 1 heterocycles. The molecular weight excluding hydrogens is 230 g/mol. The second-order valence-corrected chi connectivity index (χ2v) is 4.34. The van der Waals surface area contributed by atoms with Gasteiger partial charge in [-0.3, -0.25) is 0 Å². The Morgan fingerprint density at radius 2 is 2.22 bits per heavy atom. The third kappa shape index (κ3) is 3.06. The summed E-state index contributed by atoms with van der Waals surface area (Å²) in [6, 6.07) is 6.13. The van der Waals surface area contributed by atoms with Crippen LogP contribution in [0.1, 0.15) is 25.8 Å². The summed E-state index contributed by atoms with van der Waals surface area (Å²) in [5, 5.41) is 3.12. The summed E-state index contributed by atoms with van der Waals surface area (Å²) in [4.78, 5) is 4.29. The number of ether oxygens (including phenoxy) is 2. The van der Waals surface area contributed by atoms with Crippen LogP contribution in [0.5, 0.6) is 11.5 Å². The van der Waals surface area contributed by atoms with Crippen molar-refractivity contribution in [3.05, 3.63) is 23.8 Å². The second-order valence-electron chi connectivity index (χ2n) is 4.34. The highest BCUT2D eigenvalue weighted by atomic mass is 16.7. The third-order valence-electron chi connectivity index (χ3n) is 2.88. The first-order chi connectivity index (χ1) is 8.69. The zero-order valence-electron chi connectivity index (χ0n) is 10.8. The van der Waals surface area contributed by atoms with Gasteiger partial charge in [0.15, 0.2) is 17.5 Å². The molecule has 3 N–H and O–H groups in total. The zero-order valence-corrected chi connectivity index (χ0v) is 10.8. The van der Waals surface area contributed by atoms with E-state index >= 15 is 0 Å². The Morgan fingerprint density at radius 1 is 1.44 bits per heavy atom. The molecule has 0 aliphatic carbocycles. The lowest BCUT2D eigenvalue weighted by Crippen LogP contribution is -2.38. The third-order valence-corrected chi connectivity index (χ3v) is 2.88. The van der Waals surface area contributed by atoms with E-state index in [9.17, 15) is 0 Å². The first-order valence-electron chi connectivity index (χ1n) is 6.14. The topological polar surface area (TPSA) is 68.9 Å². The summed E-state index contributed by atoms with van der Waals surface area (Å²) < 4.78 is 10.6. The number of nitrogens with one attached hydrogen (secondary N) is 1. The Balaban J connectivity index is 1.95. The quantitative estimate of drug-likeness (QED) is 0.628. The number of rotatable bonds is 4. The van der Waals surface area contributed by atoms with Crippen LogP contribution in [0.4, 0.5) is 0 Å². The number of guanidine groups is 1. The van der Waals surface area contributed by atoms with E-state index in [-0.39, 0.29) is 0 Å². The van der Waals surface area contributed by atoms with Gasteiger partial charge < -0.3 is 20.5 Å². The molecule has 0 aromatic heterocycles. The van der Waals surface area contributed by atoms with Gasteiger partial charge in [0.05, 0.1) is 6.54 Å². The lowest BCUT2D eigenvalue weighted by molar-refractivity contribution is 0.174. The highest BCUT2D eigenvalue weighted by Gasteiger charge is 2.12. The lowest BCUT2D eigenvalue weighted by atomic mass is 10.2. The van der Waals surface area contributed by atoms with E-state index in [1.165, 1.54) is 0 Å². The maximum atomic E-state index is 5.79. The zero-order chi connectivity index (χ0) is 13.0. The minimum Gasteiger partial charge on any atom is -0.454 e. The normalized spacial score (nSPS) is 15.6. The van der Waals surface area contributed by atoms with Crippen molar-refractivity contribution in [1.82, 2.24) is 5.32 Å². The Kier molecular flexibility index (Phi) is 3.92. The number of nitrogens with two attached hydrogens (primary N) is 1. The summed E-state index contributed by atoms with van der Waals surface area (Å²) in [6.07, 6.45) is 1.01. The van der Waals surface area contributed by atoms with Gasteiger partial charge in [0.1, 0.15) is 0 Å². The summed E-state index contributed by atoms with van der Waals surface area (Å²) in [5.74, 6) is 2.03. The van der Waals surface area contributed by atoms with Gasteiger partial charge in [0, 0.05) is 6.04 Å². The number of hydrogen-bond acceptors (Lipinski definition) is 3. The number of nitrogens with zero attached hydrogens (tertiary/aromatic N) is 1.